The van der Waals surface area contributed by atoms with Crippen LogP contribution in [0.1, 0.15) is 60.6 Å². The summed E-state index contributed by atoms with van der Waals surface area (Å²) in [6.07, 6.45) is 6.79. The maximum absolute atomic E-state index is 13.3. The van der Waals surface area contributed by atoms with Gasteiger partial charge in [0, 0.05) is 24.2 Å². The van der Waals surface area contributed by atoms with E-state index in [9.17, 15) is 4.79 Å². The lowest BCUT2D eigenvalue weighted by molar-refractivity contribution is 0.0984. The van der Waals surface area contributed by atoms with E-state index in [1.165, 1.54) is 31.8 Å². The molecule has 1 saturated heterocycles. The van der Waals surface area contributed by atoms with E-state index >= 15 is 0 Å². The number of amides is 1. The predicted molar refractivity (Wildman–Crippen MR) is 118 cm³/mol. The van der Waals surface area contributed by atoms with E-state index in [0.717, 1.165) is 35.2 Å². The molecule has 2 aromatic heterocycles. The van der Waals surface area contributed by atoms with Gasteiger partial charge in [-0.3, -0.25) is 4.79 Å². The van der Waals surface area contributed by atoms with Gasteiger partial charge >= 0.3 is 0 Å². The van der Waals surface area contributed by atoms with Crippen LogP contribution >= 0.6 is 11.3 Å². The standard InChI is InChI=1S/C23H27N3O2S/c1-17(2)20-8-4-5-9-21(20)26(22(27)18-10-13-28-15-18)14-19-16-29-23(24-19)25-11-6-3-7-12-25/h4-5,8-10,13,15-17H,3,6-7,11-12,14H2,1-2H3. The fraction of sp³-hybridized carbons (Fsp3) is 0.391. The molecule has 0 bridgehead atoms. The highest BCUT2D eigenvalue weighted by atomic mass is 32.1. The Bertz CT molecular complexity index is 943. The second kappa shape index (κ2) is 8.82. The van der Waals surface area contributed by atoms with Crippen LogP contribution < -0.4 is 9.80 Å². The van der Waals surface area contributed by atoms with E-state index in [4.69, 9.17) is 9.40 Å². The molecular formula is C23H27N3O2S. The number of carbonyl (C=O) groups excluding carboxylic acids is 1. The summed E-state index contributed by atoms with van der Waals surface area (Å²) < 4.78 is 5.17. The van der Waals surface area contributed by atoms with Crippen molar-refractivity contribution >= 4 is 28.1 Å². The SMILES string of the molecule is CC(C)c1ccccc1N(Cc1csc(N2CCCCC2)n1)C(=O)c1ccoc1. The van der Waals surface area contributed by atoms with Gasteiger partial charge in [0.05, 0.1) is 24.1 Å². The van der Waals surface area contributed by atoms with Crippen LogP contribution in [0.3, 0.4) is 0 Å². The summed E-state index contributed by atoms with van der Waals surface area (Å²) in [6.45, 7) is 6.88. The Kier molecular flexibility index (Phi) is 6.00. The highest BCUT2D eigenvalue weighted by Crippen LogP contribution is 2.31. The van der Waals surface area contributed by atoms with Gasteiger partial charge in [-0.15, -0.1) is 11.3 Å². The smallest absolute Gasteiger partial charge is 0.261 e. The number of piperidine rings is 1. The highest BCUT2D eigenvalue weighted by Gasteiger charge is 2.24. The summed E-state index contributed by atoms with van der Waals surface area (Å²) in [7, 11) is 0. The van der Waals surface area contributed by atoms with Gasteiger partial charge in [-0.25, -0.2) is 4.98 Å². The Morgan fingerprint density at radius 3 is 2.72 bits per heavy atom. The number of nitrogens with zero attached hydrogens (tertiary/aromatic N) is 3. The lowest BCUT2D eigenvalue weighted by atomic mass is 10.00. The highest BCUT2D eigenvalue weighted by molar-refractivity contribution is 7.13. The van der Waals surface area contributed by atoms with Gasteiger partial charge < -0.3 is 14.2 Å². The van der Waals surface area contributed by atoms with Gasteiger partial charge in [-0.1, -0.05) is 32.0 Å². The lowest BCUT2D eigenvalue weighted by Gasteiger charge is -2.26. The number of carbonyl (C=O) groups is 1. The lowest BCUT2D eigenvalue weighted by Crippen LogP contribution is -2.32. The van der Waals surface area contributed by atoms with Crippen molar-refractivity contribution in [3.63, 3.8) is 0 Å². The minimum Gasteiger partial charge on any atom is -0.472 e. The molecule has 0 N–H and O–H groups in total. The van der Waals surface area contributed by atoms with E-state index in [1.807, 2.05) is 23.1 Å². The molecule has 5 nitrogen and oxygen atoms in total. The van der Waals surface area contributed by atoms with E-state index in [1.54, 1.807) is 17.4 Å². The van der Waals surface area contributed by atoms with Crippen LogP contribution in [0, 0.1) is 0 Å². The molecule has 1 aliphatic heterocycles. The molecule has 1 aromatic carbocycles. The number of hydrogen-bond donors (Lipinski definition) is 0. The third-order valence-corrected chi connectivity index (χ3v) is 6.30. The Labute approximate surface area is 176 Å². The Morgan fingerprint density at radius 2 is 2.00 bits per heavy atom. The third-order valence-electron chi connectivity index (χ3n) is 5.35. The summed E-state index contributed by atoms with van der Waals surface area (Å²) in [5, 5.41) is 3.14. The number of aromatic nitrogens is 1. The molecule has 3 heterocycles. The molecule has 0 unspecified atom stereocenters. The monoisotopic (exact) mass is 409 g/mol. The maximum atomic E-state index is 13.3. The summed E-state index contributed by atoms with van der Waals surface area (Å²) >= 11 is 1.67. The minimum atomic E-state index is -0.0700. The molecule has 0 spiro atoms. The minimum absolute atomic E-state index is 0.0700. The number of furan rings is 1. The van der Waals surface area contributed by atoms with Crippen molar-refractivity contribution in [1.29, 1.82) is 0 Å². The van der Waals surface area contributed by atoms with Gasteiger partial charge in [0.2, 0.25) is 0 Å². The molecule has 29 heavy (non-hydrogen) atoms. The molecule has 0 radical (unpaired) electrons. The topological polar surface area (TPSA) is 49.6 Å². The number of rotatable bonds is 6. The van der Waals surface area contributed by atoms with Crippen LogP contribution in [-0.2, 0) is 6.54 Å². The number of benzene rings is 1. The van der Waals surface area contributed by atoms with Gasteiger partial charge in [-0.05, 0) is 42.9 Å². The van der Waals surface area contributed by atoms with Crippen molar-refractivity contribution in [2.45, 2.75) is 45.6 Å². The van der Waals surface area contributed by atoms with Crippen LogP contribution in [0.5, 0.6) is 0 Å². The summed E-state index contributed by atoms with van der Waals surface area (Å²) in [4.78, 5) is 22.4. The Morgan fingerprint density at radius 1 is 1.21 bits per heavy atom. The normalized spacial score (nSPS) is 14.4. The van der Waals surface area contributed by atoms with Crippen LogP contribution in [0.25, 0.3) is 0 Å². The summed E-state index contributed by atoms with van der Waals surface area (Å²) in [5.74, 6) is 0.240. The number of para-hydroxylation sites is 1. The zero-order valence-electron chi connectivity index (χ0n) is 17.0. The van der Waals surface area contributed by atoms with Crippen LogP contribution in [-0.4, -0.2) is 24.0 Å². The molecule has 0 aliphatic carbocycles. The summed E-state index contributed by atoms with van der Waals surface area (Å²) in [6, 6.07) is 9.84. The largest absolute Gasteiger partial charge is 0.472 e. The van der Waals surface area contributed by atoms with Crippen molar-refractivity contribution in [3.05, 3.63) is 65.1 Å². The molecule has 152 valence electrons. The first-order valence-corrected chi connectivity index (χ1v) is 11.1. The molecule has 1 amide bonds. The van der Waals surface area contributed by atoms with Crippen molar-refractivity contribution in [2.24, 2.45) is 0 Å². The Hall–Kier alpha value is -2.60. The van der Waals surface area contributed by atoms with Crippen molar-refractivity contribution in [2.75, 3.05) is 22.9 Å². The molecular weight excluding hydrogens is 382 g/mol. The predicted octanol–water partition coefficient (Wildman–Crippen LogP) is 5.70. The maximum Gasteiger partial charge on any atom is 0.261 e. The van der Waals surface area contributed by atoms with Crippen LogP contribution in [0.4, 0.5) is 10.8 Å². The Balaban J connectivity index is 1.65. The zero-order valence-corrected chi connectivity index (χ0v) is 17.8. The van der Waals surface area contributed by atoms with E-state index in [-0.39, 0.29) is 5.91 Å². The van der Waals surface area contributed by atoms with Crippen LogP contribution in [0.2, 0.25) is 0 Å². The quantitative estimate of drug-likeness (QED) is 0.524. The fourth-order valence-electron chi connectivity index (χ4n) is 3.79. The van der Waals surface area contributed by atoms with Gasteiger partial charge in [0.15, 0.2) is 5.13 Å². The van der Waals surface area contributed by atoms with Crippen molar-refractivity contribution in [1.82, 2.24) is 4.98 Å². The average Bonchev–Trinajstić information content (AvgIpc) is 3.44. The molecule has 3 aromatic rings. The van der Waals surface area contributed by atoms with Crippen molar-refractivity contribution in [3.8, 4) is 0 Å². The first kappa shape index (κ1) is 19.7. The second-order valence-electron chi connectivity index (χ2n) is 7.79. The average molecular weight is 410 g/mol. The van der Waals surface area contributed by atoms with Gasteiger partial charge in [-0.2, -0.15) is 0 Å². The van der Waals surface area contributed by atoms with E-state index in [0.29, 0.717) is 18.0 Å². The second-order valence-corrected chi connectivity index (χ2v) is 8.62. The van der Waals surface area contributed by atoms with Gasteiger partial charge in [0.1, 0.15) is 6.26 Å². The number of thiazole rings is 1. The first-order valence-electron chi connectivity index (χ1n) is 10.3. The van der Waals surface area contributed by atoms with Gasteiger partial charge in [0.25, 0.3) is 5.91 Å². The summed E-state index contributed by atoms with van der Waals surface area (Å²) in [5.41, 5.74) is 3.55. The molecule has 4 rings (SSSR count). The van der Waals surface area contributed by atoms with E-state index in [2.05, 4.69) is 30.2 Å². The number of anilines is 2. The molecule has 0 atom stereocenters. The molecule has 0 saturated carbocycles. The molecule has 1 aliphatic rings. The fourth-order valence-corrected chi connectivity index (χ4v) is 4.66. The first-order chi connectivity index (χ1) is 14.1. The zero-order chi connectivity index (χ0) is 20.2. The third kappa shape index (κ3) is 4.37. The van der Waals surface area contributed by atoms with Crippen molar-refractivity contribution < 1.29 is 9.21 Å². The molecule has 1 fully saturated rings. The van der Waals surface area contributed by atoms with E-state index < -0.39 is 0 Å². The molecule has 6 heteroatoms. The van der Waals surface area contributed by atoms with Crippen LogP contribution in [0.15, 0.2) is 52.7 Å². The number of hydrogen-bond acceptors (Lipinski definition) is 5.